The molecular weight excluding hydrogens is 266 g/mol. The monoisotopic (exact) mass is 295 g/mol. The molecule has 0 aromatic carbocycles. The van der Waals surface area contributed by atoms with Gasteiger partial charge >= 0.3 is 0 Å². The summed E-state index contributed by atoms with van der Waals surface area (Å²) in [5.41, 5.74) is 2.31. The van der Waals surface area contributed by atoms with Crippen molar-refractivity contribution in [1.29, 1.82) is 0 Å². The molecule has 0 amide bonds. The first kappa shape index (κ1) is 17.5. The molecule has 1 rings (SSSR count). The molecule has 0 bridgehead atoms. The molecule has 1 atom stereocenters. The predicted molar refractivity (Wildman–Crippen MR) is 90.2 cm³/mol. The van der Waals surface area contributed by atoms with Gasteiger partial charge < -0.3 is 5.32 Å². The molecule has 0 radical (unpaired) electrons. The fourth-order valence-electron chi connectivity index (χ4n) is 2.24. The highest BCUT2D eigenvalue weighted by Crippen LogP contribution is 2.11. The van der Waals surface area contributed by atoms with E-state index in [-0.39, 0.29) is 0 Å². The van der Waals surface area contributed by atoms with Crippen molar-refractivity contribution in [3.63, 3.8) is 0 Å². The van der Waals surface area contributed by atoms with Gasteiger partial charge in [0.05, 0.1) is 11.4 Å². The Balaban J connectivity index is 2.55. The molecule has 3 nitrogen and oxygen atoms in total. The third-order valence-corrected chi connectivity index (χ3v) is 4.18. The van der Waals surface area contributed by atoms with Crippen LogP contribution in [0.3, 0.4) is 0 Å². The van der Waals surface area contributed by atoms with Crippen LogP contribution in [-0.4, -0.2) is 41.5 Å². The number of pyridine rings is 1. The molecule has 1 aromatic rings. The Morgan fingerprint density at radius 2 is 2.05 bits per heavy atom. The SMILES string of the molecule is CCCNCc1cccc(CN(C)C(CC)CSC)n1. The van der Waals surface area contributed by atoms with Gasteiger partial charge in [-0.3, -0.25) is 9.88 Å². The quantitative estimate of drug-likeness (QED) is 0.671. The number of nitrogens with zero attached hydrogens (tertiary/aromatic N) is 2. The first-order valence-electron chi connectivity index (χ1n) is 7.55. The van der Waals surface area contributed by atoms with Gasteiger partial charge in [0.15, 0.2) is 0 Å². The van der Waals surface area contributed by atoms with Gasteiger partial charge in [-0.25, -0.2) is 0 Å². The zero-order chi connectivity index (χ0) is 14.8. The predicted octanol–water partition coefficient (Wildman–Crippen LogP) is 3.15. The molecule has 20 heavy (non-hydrogen) atoms. The Morgan fingerprint density at radius 3 is 2.70 bits per heavy atom. The lowest BCUT2D eigenvalue weighted by atomic mass is 10.2. The van der Waals surface area contributed by atoms with E-state index in [1.807, 2.05) is 11.8 Å². The van der Waals surface area contributed by atoms with Gasteiger partial charge in [0.2, 0.25) is 0 Å². The van der Waals surface area contributed by atoms with Crippen molar-refractivity contribution in [3.8, 4) is 0 Å². The Labute approximate surface area is 128 Å². The molecule has 1 N–H and O–H groups in total. The van der Waals surface area contributed by atoms with Crippen LogP contribution < -0.4 is 5.32 Å². The van der Waals surface area contributed by atoms with Crippen molar-refractivity contribution in [2.75, 3.05) is 25.6 Å². The summed E-state index contributed by atoms with van der Waals surface area (Å²) in [5, 5.41) is 3.41. The van der Waals surface area contributed by atoms with E-state index < -0.39 is 0 Å². The van der Waals surface area contributed by atoms with Crippen LogP contribution in [0.2, 0.25) is 0 Å². The van der Waals surface area contributed by atoms with Crippen molar-refractivity contribution in [1.82, 2.24) is 15.2 Å². The summed E-state index contributed by atoms with van der Waals surface area (Å²) in [5.74, 6) is 1.19. The van der Waals surface area contributed by atoms with E-state index in [1.54, 1.807) is 0 Å². The van der Waals surface area contributed by atoms with Crippen LogP contribution in [0.1, 0.15) is 38.1 Å². The second kappa shape index (κ2) is 10.2. The maximum atomic E-state index is 4.75. The van der Waals surface area contributed by atoms with E-state index in [0.717, 1.165) is 31.7 Å². The average molecular weight is 295 g/mol. The fraction of sp³-hybridized carbons (Fsp3) is 0.688. The maximum Gasteiger partial charge on any atom is 0.0547 e. The third-order valence-electron chi connectivity index (χ3n) is 3.46. The Morgan fingerprint density at radius 1 is 1.30 bits per heavy atom. The summed E-state index contributed by atoms with van der Waals surface area (Å²) in [7, 11) is 2.20. The Kier molecular flexibility index (Phi) is 8.90. The molecule has 0 fully saturated rings. The Bertz CT molecular complexity index is 370. The van der Waals surface area contributed by atoms with Gasteiger partial charge in [0.1, 0.15) is 0 Å². The van der Waals surface area contributed by atoms with Crippen molar-refractivity contribution >= 4 is 11.8 Å². The first-order valence-corrected chi connectivity index (χ1v) is 8.95. The fourth-order valence-corrected chi connectivity index (χ4v) is 3.12. The number of hydrogen-bond donors (Lipinski definition) is 1. The molecule has 1 aromatic heterocycles. The summed E-state index contributed by atoms with van der Waals surface area (Å²) in [4.78, 5) is 7.17. The van der Waals surface area contributed by atoms with Crippen LogP contribution in [0.15, 0.2) is 18.2 Å². The molecule has 0 saturated carbocycles. The van der Waals surface area contributed by atoms with Crippen molar-refractivity contribution in [2.24, 2.45) is 0 Å². The standard InChI is InChI=1S/C16H29N3S/c1-5-10-17-11-14-8-7-9-15(18-14)12-19(3)16(6-2)13-20-4/h7-9,16-17H,5-6,10-13H2,1-4H3. The van der Waals surface area contributed by atoms with Gasteiger partial charge in [-0.2, -0.15) is 11.8 Å². The van der Waals surface area contributed by atoms with E-state index in [0.29, 0.717) is 6.04 Å². The van der Waals surface area contributed by atoms with Crippen LogP contribution in [0.5, 0.6) is 0 Å². The van der Waals surface area contributed by atoms with Gasteiger partial charge in [-0.1, -0.05) is 19.9 Å². The molecule has 4 heteroatoms. The molecule has 0 aliphatic carbocycles. The minimum Gasteiger partial charge on any atom is -0.311 e. The molecule has 114 valence electrons. The molecule has 1 heterocycles. The number of thioether (sulfide) groups is 1. The van der Waals surface area contributed by atoms with Crippen LogP contribution in [0.25, 0.3) is 0 Å². The largest absolute Gasteiger partial charge is 0.311 e. The smallest absolute Gasteiger partial charge is 0.0547 e. The highest BCUT2D eigenvalue weighted by atomic mass is 32.2. The number of nitrogens with one attached hydrogen (secondary N) is 1. The lowest BCUT2D eigenvalue weighted by Crippen LogP contribution is -2.33. The lowest BCUT2D eigenvalue weighted by molar-refractivity contribution is 0.245. The summed E-state index contributed by atoms with van der Waals surface area (Å²) in [6.07, 6.45) is 4.53. The highest BCUT2D eigenvalue weighted by Gasteiger charge is 2.12. The highest BCUT2D eigenvalue weighted by molar-refractivity contribution is 7.98. The molecule has 0 aliphatic rings. The van der Waals surface area contributed by atoms with Gasteiger partial charge in [0, 0.05) is 24.9 Å². The number of hydrogen-bond acceptors (Lipinski definition) is 4. The molecule has 0 saturated heterocycles. The summed E-state index contributed by atoms with van der Waals surface area (Å²) >= 11 is 1.92. The normalized spacial score (nSPS) is 12.8. The zero-order valence-corrected chi connectivity index (χ0v) is 14.2. The minimum atomic E-state index is 0.633. The van der Waals surface area contributed by atoms with E-state index in [1.165, 1.54) is 17.9 Å². The van der Waals surface area contributed by atoms with Crippen LogP contribution in [0, 0.1) is 0 Å². The maximum absolute atomic E-state index is 4.75. The third kappa shape index (κ3) is 6.25. The van der Waals surface area contributed by atoms with E-state index in [2.05, 4.69) is 55.6 Å². The summed E-state index contributed by atoms with van der Waals surface area (Å²) in [6.45, 7) is 7.30. The molecular formula is C16H29N3S. The molecule has 0 aliphatic heterocycles. The lowest BCUT2D eigenvalue weighted by Gasteiger charge is -2.26. The summed E-state index contributed by atoms with van der Waals surface area (Å²) < 4.78 is 0. The average Bonchev–Trinajstić information content (AvgIpc) is 2.45. The van der Waals surface area contributed by atoms with E-state index >= 15 is 0 Å². The Hall–Kier alpha value is -0.580. The molecule has 1 unspecified atom stereocenters. The topological polar surface area (TPSA) is 28.2 Å². The minimum absolute atomic E-state index is 0.633. The van der Waals surface area contributed by atoms with Gasteiger partial charge in [0.25, 0.3) is 0 Å². The van der Waals surface area contributed by atoms with E-state index in [9.17, 15) is 0 Å². The van der Waals surface area contributed by atoms with Gasteiger partial charge in [-0.05, 0) is 44.8 Å². The number of aromatic nitrogens is 1. The molecule has 0 spiro atoms. The van der Waals surface area contributed by atoms with Crippen molar-refractivity contribution in [3.05, 3.63) is 29.6 Å². The second-order valence-electron chi connectivity index (χ2n) is 5.23. The first-order chi connectivity index (χ1) is 9.71. The zero-order valence-electron chi connectivity index (χ0n) is 13.4. The van der Waals surface area contributed by atoms with Crippen LogP contribution in [-0.2, 0) is 13.1 Å². The van der Waals surface area contributed by atoms with Crippen LogP contribution >= 0.6 is 11.8 Å². The van der Waals surface area contributed by atoms with Crippen LogP contribution in [0.4, 0.5) is 0 Å². The van der Waals surface area contributed by atoms with E-state index in [4.69, 9.17) is 4.98 Å². The van der Waals surface area contributed by atoms with Gasteiger partial charge in [-0.15, -0.1) is 0 Å². The number of rotatable bonds is 10. The van der Waals surface area contributed by atoms with Crippen molar-refractivity contribution < 1.29 is 0 Å². The second-order valence-corrected chi connectivity index (χ2v) is 6.14. The summed E-state index contributed by atoms with van der Waals surface area (Å²) in [6, 6.07) is 6.99. The van der Waals surface area contributed by atoms with Crippen molar-refractivity contribution in [2.45, 2.75) is 45.8 Å².